The molecule has 0 radical (unpaired) electrons. The van der Waals surface area contributed by atoms with Gasteiger partial charge in [0.2, 0.25) is 0 Å². The summed E-state index contributed by atoms with van der Waals surface area (Å²) in [5.41, 5.74) is -3.23. The topological polar surface area (TPSA) is 83.1 Å². The zero-order valence-electron chi connectivity index (χ0n) is 17.2. The highest BCUT2D eigenvalue weighted by molar-refractivity contribution is 5.72. The molecule has 0 aliphatic carbocycles. The Hall–Kier alpha value is -3.70. The zero-order valence-corrected chi connectivity index (χ0v) is 17.2. The number of aromatic nitrogens is 6. The Kier molecular flexibility index (Phi) is 5.26. The monoisotopic (exact) mass is 466 g/mol. The maximum atomic E-state index is 13.5. The van der Waals surface area contributed by atoms with Crippen molar-refractivity contribution < 1.29 is 26.3 Å². The van der Waals surface area contributed by atoms with Gasteiger partial charge in [-0.3, -0.25) is 20.2 Å². The van der Waals surface area contributed by atoms with E-state index in [4.69, 9.17) is 0 Å². The summed E-state index contributed by atoms with van der Waals surface area (Å²) in [6.07, 6.45) is -5.22. The highest BCUT2D eigenvalue weighted by Gasteiger charge is 2.40. The van der Waals surface area contributed by atoms with Gasteiger partial charge in [-0.15, -0.1) is 0 Å². The second-order valence-corrected chi connectivity index (χ2v) is 7.74. The van der Waals surface area contributed by atoms with Crippen LogP contribution in [0.1, 0.15) is 36.4 Å². The lowest BCUT2D eigenvalue weighted by Crippen LogP contribution is -2.25. The predicted octanol–water partition coefficient (Wildman–Crippen LogP) is 5.62. The number of nitrogens with zero attached hydrogens (tertiary/aromatic N) is 4. The van der Waals surface area contributed by atoms with Crippen LogP contribution in [0.15, 0.2) is 49.1 Å². The Morgan fingerprint density at radius 1 is 0.667 bits per heavy atom. The average Bonchev–Trinajstić information content (AvgIpc) is 3.43. The molecular weight excluding hydrogens is 450 g/mol. The minimum Gasteiger partial charge on any atom is -0.277 e. The second kappa shape index (κ2) is 7.71. The average molecular weight is 466 g/mol. The van der Waals surface area contributed by atoms with E-state index in [2.05, 4.69) is 30.4 Å². The van der Waals surface area contributed by atoms with E-state index in [0.717, 1.165) is 0 Å². The Morgan fingerprint density at radius 3 is 1.42 bits per heavy atom. The van der Waals surface area contributed by atoms with Crippen LogP contribution in [-0.2, 0) is 17.8 Å². The molecule has 0 spiro atoms. The van der Waals surface area contributed by atoms with Gasteiger partial charge >= 0.3 is 12.4 Å². The number of aromatic amines is 2. The van der Waals surface area contributed by atoms with Crippen LogP contribution in [-0.4, -0.2) is 30.4 Å². The lowest BCUT2D eigenvalue weighted by Gasteiger charge is -2.28. The summed E-state index contributed by atoms with van der Waals surface area (Å²) in [6.45, 7) is 3.25. The van der Waals surface area contributed by atoms with Crippen LogP contribution >= 0.6 is 0 Å². The summed E-state index contributed by atoms with van der Waals surface area (Å²) in [7, 11) is 0. The van der Waals surface area contributed by atoms with Gasteiger partial charge < -0.3 is 0 Å². The second-order valence-electron chi connectivity index (χ2n) is 7.74. The molecule has 4 aromatic heterocycles. The smallest absolute Gasteiger partial charge is 0.277 e. The number of rotatable bonds is 4. The number of pyridine rings is 2. The van der Waals surface area contributed by atoms with Crippen molar-refractivity contribution >= 4 is 0 Å². The molecule has 0 atom stereocenters. The van der Waals surface area contributed by atoms with Gasteiger partial charge in [-0.05, 0) is 38.1 Å². The molecule has 0 bridgehead atoms. The first-order valence-electron chi connectivity index (χ1n) is 9.55. The molecule has 0 saturated heterocycles. The SMILES string of the molecule is CC(C)(c1ncccc1-c1[nH]ncc1C(F)(F)F)c1ncccc1-c1[nH]ncc1C(F)(F)F. The molecule has 0 amide bonds. The molecule has 0 aliphatic heterocycles. The van der Waals surface area contributed by atoms with Gasteiger partial charge in [0.25, 0.3) is 0 Å². The third-order valence-electron chi connectivity index (χ3n) is 5.23. The molecule has 6 nitrogen and oxygen atoms in total. The standard InChI is InChI=1S/C21H16F6N6/c1-19(2,17-11(5-3-7-28-17)15-13(9-30-32-15)20(22,23)24)18-12(6-4-8-29-18)16-14(10-31-33-16)21(25,26)27/h3-10H,1-2H3,(H,30,32)(H,31,33). The van der Waals surface area contributed by atoms with E-state index in [1.165, 1.54) is 36.7 Å². The molecule has 4 aromatic rings. The third kappa shape index (κ3) is 3.96. The number of H-pyrrole nitrogens is 2. The first kappa shape index (κ1) is 22.5. The molecule has 33 heavy (non-hydrogen) atoms. The Morgan fingerprint density at radius 2 is 1.06 bits per heavy atom. The first-order chi connectivity index (χ1) is 15.4. The van der Waals surface area contributed by atoms with Crippen LogP contribution in [0.4, 0.5) is 26.3 Å². The lowest BCUT2D eigenvalue weighted by molar-refractivity contribution is -0.137. The van der Waals surface area contributed by atoms with Crippen LogP contribution in [0, 0.1) is 0 Å². The fourth-order valence-corrected chi connectivity index (χ4v) is 3.74. The number of hydrogen-bond acceptors (Lipinski definition) is 4. The maximum absolute atomic E-state index is 13.5. The highest BCUT2D eigenvalue weighted by atomic mass is 19.4. The van der Waals surface area contributed by atoms with Gasteiger partial charge in [0.1, 0.15) is 11.1 Å². The zero-order chi connectivity index (χ0) is 24.0. The first-order valence-corrected chi connectivity index (χ1v) is 9.55. The summed E-state index contributed by atoms with van der Waals surface area (Å²) in [5.74, 6) is 0. The Labute approximate surface area is 183 Å². The fraction of sp³-hybridized carbons (Fsp3) is 0.238. The van der Waals surface area contributed by atoms with Crippen LogP contribution in [0.25, 0.3) is 22.5 Å². The fourth-order valence-electron chi connectivity index (χ4n) is 3.74. The lowest BCUT2D eigenvalue weighted by atomic mass is 9.79. The number of nitrogens with one attached hydrogen (secondary N) is 2. The van der Waals surface area contributed by atoms with E-state index < -0.39 is 28.9 Å². The van der Waals surface area contributed by atoms with Gasteiger partial charge in [-0.2, -0.15) is 36.5 Å². The van der Waals surface area contributed by atoms with Crippen molar-refractivity contribution in [2.24, 2.45) is 0 Å². The predicted molar refractivity (Wildman–Crippen MR) is 106 cm³/mol. The van der Waals surface area contributed by atoms with E-state index >= 15 is 0 Å². The molecule has 4 heterocycles. The molecule has 4 rings (SSSR count). The maximum Gasteiger partial charge on any atom is 0.420 e. The van der Waals surface area contributed by atoms with Crippen molar-refractivity contribution in [3.8, 4) is 22.5 Å². The van der Waals surface area contributed by atoms with Crippen molar-refractivity contribution in [2.45, 2.75) is 31.6 Å². The molecule has 172 valence electrons. The Bertz CT molecular complexity index is 1190. The van der Waals surface area contributed by atoms with Crippen LogP contribution < -0.4 is 0 Å². The van der Waals surface area contributed by atoms with Gasteiger partial charge in [-0.25, -0.2) is 0 Å². The quantitative estimate of drug-likeness (QED) is 0.383. The van der Waals surface area contributed by atoms with Gasteiger partial charge in [0.15, 0.2) is 0 Å². The van der Waals surface area contributed by atoms with Crippen LogP contribution in [0.3, 0.4) is 0 Å². The number of hydrogen-bond donors (Lipinski definition) is 2. The van der Waals surface area contributed by atoms with Crippen molar-refractivity contribution in [3.05, 3.63) is 71.6 Å². The minimum absolute atomic E-state index is 0.101. The largest absolute Gasteiger partial charge is 0.420 e. The molecule has 0 aromatic carbocycles. The van der Waals surface area contributed by atoms with E-state index in [-0.39, 0.29) is 33.9 Å². The van der Waals surface area contributed by atoms with Crippen LogP contribution in [0.5, 0.6) is 0 Å². The van der Waals surface area contributed by atoms with Gasteiger partial charge in [-0.1, -0.05) is 0 Å². The molecule has 0 saturated carbocycles. The summed E-state index contributed by atoms with van der Waals surface area (Å²) < 4.78 is 81.1. The molecule has 12 heteroatoms. The number of alkyl halides is 6. The van der Waals surface area contributed by atoms with E-state index in [9.17, 15) is 26.3 Å². The Balaban J connectivity index is 1.92. The van der Waals surface area contributed by atoms with E-state index in [0.29, 0.717) is 12.4 Å². The van der Waals surface area contributed by atoms with Crippen molar-refractivity contribution in [2.75, 3.05) is 0 Å². The molecule has 0 unspecified atom stereocenters. The summed E-state index contributed by atoms with van der Waals surface area (Å²) >= 11 is 0. The van der Waals surface area contributed by atoms with Crippen molar-refractivity contribution in [1.82, 2.24) is 30.4 Å². The van der Waals surface area contributed by atoms with E-state index in [1.807, 2.05) is 0 Å². The third-order valence-corrected chi connectivity index (χ3v) is 5.23. The number of halogens is 6. The minimum atomic E-state index is -4.67. The normalized spacial score (nSPS) is 12.8. The summed E-state index contributed by atoms with van der Waals surface area (Å²) in [5, 5.41) is 11.8. The highest BCUT2D eigenvalue weighted by Crippen LogP contribution is 2.44. The molecule has 0 aliphatic rings. The van der Waals surface area contributed by atoms with Crippen molar-refractivity contribution in [1.29, 1.82) is 0 Å². The molecule has 2 N–H and O–H groups in total. The van der Waals surface area contributed by atoms with Gasteiger partial charge in [0.05, 0.1) is 40.6 Å². The van der Waals surface area contributed by atoms with Crippen molar-refractivity contribution in [3.63, 3.8) is 0 Å². The summed E-state index contributed by atoms with van der Waals surface area (Å²) in [6, 6.07) is 5.80. The van der Waals surface area contributed by atoms with Gasteiger partial charge in [0, 0.05) is 23.5 Å². The molecule has 0 fully saturated rings. The summed E-state index contributed by atoms with van der Waals surface area (Å²) in [4.78, 5) is 8.59. The van der Waals surface area contributed by atoms with Crippen LogP contribution in [0.2, 0.25) is 0 Å². The molecular formula is C21H16F6N6. The van der Waals surface area contributed by atoms with E-state index in [1.54, 1.807) is 13.8 Å².